The molecule has 0 aliphatic carbocycles. The Bertz CT molecular complexity index is 1510. The van der Waals surface area contributed by atoms with E-state index in [1.165, 1.54) is 0 Å². The lowest BCUT2D eigenvalue weighted by Crippen LogP contribution is -2.51. The Labute approximate surface area is 258 Å². The number of benzene rings is 3. The van der Waals surface area contributed by atoms with E-state index in [9.17, 15) is 14.4 Å². The molecule has 0 N–H and O–H groups in total. The second-order valence-corrected chi connectivity index (χ2v) is 11.5. The highest BCUT2D eigenvalue weighted by Gasteiger charge is 2.37. The molecule has 2 fully saturated rings. The summed E-state index contributed by atoms with van der Waals surface area (Å²) in [5.41, 5.74) is 2.54. The summed E-state index contributed by atoms with van der Waals surface area (Å²) in [6.07, 6.45) is 1.62. The Morgan fingerprint density at radius 3 is 2.40 bits per heavy atom. The van der Waals surface area contributed by atoms with Gasteiger partial charge in [0.15, 0.2) is 11.5 Å². The van der Waals surface area contributed by atoms with Crippen LogP contribution < -0.4 is 14.4 Å². The predicted molar refractivity (Wildman–Crippen MR) is 166 cm³/mol. The van der Waals surface area contributed by atoms with Crippen molar-refractivity contribution in [2.24, 2.45) is 0 Å². The van der Waals surface area contributed by atoms with E-state index >= 15 is 0 Å². The summed E-state index contributed by atoms with van der Waals surface area (Å²) >= 11 is 13.1. The van der Waals surface area contributed by atoms with Crippen molar-refractivity contribution < 1.29 is 23.9 Å². The number of imide groups is 1. The van der Waals surface area contributed by atoms with Gasteiger partial charge in [-0.15, -0.1) is 0 Å². The monoisotopic (exact) mass is 625 g/mol. The van der Waals surface area contributed by atoms with E-state index in [4.69, 9.17) is 32.7 Å². The summed E-state index contributed by atoms with van der Waals surface area (Å²) in [4.78, 5) is 44.0. The van der Waals surface area contributed by atoms with Crippen LogP contribution in [0.2, 0.25) is 10.0 Å². The van der Waals surface area contributed by atoms with Crippen LogP contribution in [0.1, 0.15) is 18.1 Å². The molecule has 0 spiro atoms. The fraction of sp³-hybridized carbons (Fsp3) is 0.258. The van der Waals surface area contributed by atoms with Gasteiger partial charge in [0.05, 0.1) is 11.5 Å². The lowest BCUT2D eigenvalue weighted by molar-refractivity contribution is -0.136. The van der Waals surface area contributed by atoms with Gasteiger partial charge >= 0.3 is 0 Å². The van der Waals surface area contributed by atoms with Gasteiger partial charge < -0.3 is 19.3 Å². The highest BCUT2D eigenvalue weighted by molar-refractivity contribution is 8.18. The number of carbonyl (C=O) groups excluding carboxylic acids is 3. The van der Waals surface area contributed by atoms with Crippen LogP contribution in [0.4, 0.5) is 10.5 Å². The summed E-state index contributed by atoms with van der Waals surface area (Å²) in [6, 6.07) is 20.5. The molecule has 3 aromatic rings. The summed E-state index contributed by atoms with van der Waals surface area (Å²) in [6.45, 7) is 4.62. The van der Waals surface area contributed by atoms with Crippen LogP contribution >= 0.6 is 35.0 Å². The zero-order valence-electron chi connectivity index (χ0n) is 22.9. The molecule has 0 bridgehead atoms. The third-order valence-corrected chi connectivity index (χ3v) is 8.38. The van der Waals surface area contributed by atoms with Crippen molar-refractivity contribution in [1.82, 2.24) is 9.80 Å². The van der Waals surface area contributed by atoms with E-state index in [0.29, 0.717) is 59.9 Å². The van der Waals surface area contributed by atoms with Crippen molar-refractivity contribution in [3.63, 3.8) is 0 Å². The van der Waals surface area contributed by atoms with Gasteiger partial charge in [0.2, 0.25) is 5.91 Å². The van der Waals surface area contributed by atoms with Gasteiger partial charge in [-0.25, -0.2) is 0 Å². The van der Waals surface area contributed by atoms with Gasteiger partial charge in [-0.1, -0.05) is 53.5 Å². The summed E-state index contributed by atoms with van der Waals surface area (Å²) in [5, 5.41) is 0.576. The van der Waals surface area contributed by atoms with Crippen molar-refractivity contribution in [3.8, 4) is 11.5 Å². The molecular formula is C31H29Cl2N3O5S. The Morgan fingerprint density at radius 2 is 1.69 bits per heavy atom. The first kappa shape index (κ1) is 29.8. The Balaban J connectivity index is 1.21. The number of carbonyl (C=O) groups is 3. The third-order valence-electron chi connectivity index (χ3n) is 6.88. The Kier molecular flexibility index (Phi) is 9.62. The van der Waals surface area contributed by atoms with Crippen molar-refractivity contribution in [2.45, 2.75) is 13.5 Å². The summed E-state index contributed by atoms with van der Waals surface area (Å²) < 4.78 is 11.7. The molecule has 2 heterocycles. The molecule has 0 unspecified atom stereocenters. The number of piperazine rings is 1. The largest absolute Gasteiger partial charge is 0.490 e. The van der Waals surface area contributed by atoms with Crippen molar-refractivity contribution >= 4 is 63.8 Å². The molecule has 11 heteroatoms. The summed E-state index contributed by atoms with van der Waals surface area (Å²) in [7, 11) is 0. The van der Waals surface area contributed by atoms with Gasteiger partial charge in [0, 0.05) is 47.5 Å². The molecule has 2 aliphatic rings. The standard InChI is InChI=1S/C31H29Cl2N3O5S/c1-2-40-27-16-21(8-11-26(27)41-20-22-9-10-23(32)18-25(22)33)17-28-30(38)36(31(39)42-28)19-29(37)35-14-12-34(13-15-35)24-6-4-3-5-7-24/h3-11,16-18H,2,12-15,19-20H2,1H3/b28-17+. The topological polar surface area (TPSA) is 79.4 Å². The highest BCUT2D eigenvalue weighted by Crippen LogP contribution is 2.35. The number of para-hydroxylation sites is 1. The molecule has 3 amide bonds. The van der Waals surface area contributed by atoms with Gasteiger partial charge in [0.1, 0.15) is 13.2 Å². The molecule has 0 saturated carbocycles. The number of ether oxygens (including phenoxy) is 2. The van der Waals surface area contributed by atoms with Crippen LogP contribution in [-0.4, -0.2) is 66.2 Å². The minimum Gasteiger partial charge on any atom is -0.490 e. The first-order chi connectivity index (χ1) is 20.3. The van der Waals surface area contributed by atoms with E-state index < -0.39 is 11.1 Å². The van der Waals surface area contributed by atoms with Crippen molar-refractivity contribution in [3.05, 3.63) is 92.8 Å². The first-order valence-electron chi connectivity index (χ1n) is 13.5. The fourth-order valence-corrected chi connectivity index (χ4v) is 5.97. The molecule has 218 valence electrons. The molecular weight excluding hydrogens is 597 g/mol. The second-order valence-electron chi connectivity index (χ2n) is 9.63. The van der Waals surface area contributed by atoms with Crippen LogP contribution in [0.15, 0.2) is 71.6 Å². The van der Waals surface area contributed by atoms with Crippen LogP contribution in [0.25, 0.3) is 6.08 Å². The average Bonchev–Trinajstić information content (AvgIpc) is 3.25. The Hall–Kier alpha value is -3.66. The smallest absolute Gasteiger partial charge is 0.294 e. The number of anilines is 1. The second kappa shape index (κ2) is 13.5. The number of nitrogens with zero attached hydrogens (tertiary/aromatic N) is 3. The molecule has 5 rings (SSSR count). The minimum atomic E-state index is -0.489. The van der Waals surface area contributed by atoms with E-state index in [1.54, 1.807) is 47.4 Å². The quantitative estimate of drug-likeness (QED) is 0.256. The minimum absolute atomic E-state index is 0.212. The maximum atomic E-state index is 13.1. The summed E-state index contributed by atoms with van der Waals surface area (Å²) in [5.74, 6) is 0.260. The normalized spacial score (nSPS) is 16.4. The molecule has 0 aromatic heterocycles. The van der Waals surface area contributed by atoms with Gasteiger partial charge in [-0.2, -0.15) is 0 Å². The average molecular weight is 627 g/mol. The van der Waals surface area contributed by atoms with Crippen molar-refractivity contribution in [1.29, 1.82) is 0 Å². The number of rotatable bonds is 9. The fourth-order valence-electron chi connectivity index (χ4n) is 4.67. The zero-order valence-corrected chi connectivity index (χ0v) is 25.3. The number of thioether (sulfide) groups is 1. The van der Waals surface area contributed by atoms with Crippen molar-refractivity contribution in [2.75, 3.05) is 44.2 Å². The molecule has 2 saturated heterocycles. The van der Waals surface area contributed by atoms with Crippen LogP contribution in [0, 0.1) is 0 Å². The maximum Gasteiger partial charge on any atom is 0.294 e. The van der Waals surface area contributed by atoms with E-state index in [0.717, 1.165) is 27.9 Å². The molecule has 42 heavy (non-hydrogen) atoms. The molecule has 0 radical (unpaired) electrons. The number of hydrogen-bond donors (Lipinski definition) is 0. The molecule has 3 aromatic carbocycles. The number of amides is 3. The maximum absolute atomic E-state index is 13.1. The lowest BCUT2D eigenvalue weighted by Gasteiger charge is -2.36. The van der Waals surface area contributed by atoms with Crippen LogP contribution in [-0.2, 0) is 16.2 Å². The zero-order chi connectivity index (χ0) is 29.6. The number of halogens is 2. The third kappa shape index (κ3) is 7.03. The van der Waals surface area contributed by atoms with E-state index in [-0.39, 0.29) is 24.0 Å². The van der Waals surface area contributed by atoms with E-state index in [2.05, 4.69) is 4.90 Å². The lowest BCUT2D eigenvalue weighted by atomic mass is 10.1. The molecule has 0 atom stereocenters. The van der Waals surface area contributed by atoms with Gasteiger partial charge in [-0.05, 0) is 66.7 Å². The SMILES string of the molecule is CCOc1cc(/C=C2/SC(=O)N(CC(=O)N3CCN(c4ccccc4)CC3)C2=O)ccc1OCc1ccc(Cl)cc1Cl. The first-order valence-corrected chi connectivity index (χ1v) is 15.1. The number of hydrogen-bond acceptors (Lipinski definition) is 7. The predicted octanol–water partition coefficient (Wildman–Crippen LogP) is 6.36. The van der Waals surface area contributed by atoms with Gasteiger partial charge in [-0.3, -0.25) is 19.3 Å². The molecule has 2 aliphatic heterocycles. The van der Waals surface area contributed by atoms with Crippen LogP contribution in [0.3, 0.4) is 0 Å². The Morgan fingerprint density at radius 1 is 0.929 bits per heavy atom. The van der Waals surface area contributed by atoms with E-state index in [1.807, 2.05) is 37.3 Å². The highest BCUT2D eigenvalue weighted by atomic mass is 35.5. The van der Waals surface area contributed by atoms with Gasteiger partial charge in [0.25, 0.3) is 11.1 Å². The molecule has 8 nitrogen and oxygen atoms in total. The van der Waals surface area contributed by atoms with Crippen LogP contribution in [0.5, 0.6) is 11.5 Å².